The van der Waals surface area contributed by atoms with E-state index in [1.807, 2.05) is 0 Å². The lowest BCUT2D eigenvalue weighted by Gasteiger charge is -2.31. The molecule has 4 nitrogen and oxygen atoms in total. The number of benzene rings is 2. The normalized spacial score (nSPS) is 14.2. The maximum atomic E-state index is 9.75. The zero-order valence-electron chi connectivity index (χ0n) is 14.0. The summed E-state index contributed by atoms with van der Waals surface area (Å²) in [6.07, 6.45) is 2.50. The molecule has 24 heavy (non-hydrogen) atoms. The van der Waals surface area contributed by atoms with Gasteiger partial charge in [0.05, 0.1) is 6.61 Å². The Morgan fingerprint density at radius 3 is 2.21 bits per heavy atom. The van der Waals surface area contributed by atoms with Crippen LogP contribution in [0.25, 0.3) is 11.1 Å². The first-order valence-electron chi connectivity index (χ1n) is 8.44. The molecule has 5 heteroatoms. The van der Waals surface area contributed by atoms with Crippen LogP contribution in [0.3, 0.4) is 0 Å². The van der Waals surface area contributed by atoms with Crippen molar-refractivity contribution in [3.8, 4) is 11.1 Å². The van der Waals surface area contributed by atoms with Crippen LogP contribution in [0, 0.1) is 0 Å². The molecule has 0 bridgehead atoms. The highest BCUT2D eigenvalue weighted by molar-refractivity contribution is 6.24. The molecule has 2 aromatic carbocycles. The summed E-state index contributed by atoms with van der Waals surface area (Å²) in [5.74, 6) is 0. The summed E-state index contributed by atoms with van der Waals surface area (Å²) in [7, 11) is 1.52. The van der Waals surface area contributed by atoms with Gasteiger partial charge >= 0.3 is 7.48 Å². The van der Waals surface area contributed by atoms with E-state index < -0.39 is 0 Å². The van der Waals surface area contributed by atoms with Gasteiger partial charge in [0.1, 0.15) is 0 Å². The summed E-state index contributed by atoms with van der Waals surface area (Å²) in [4.78, 5) is 5.27. The highest BCUT2D eigenvalue weighted by atomic mass is 16.9. The number of nitrogens with one attached hydrogen (secondary N) is 1. The molecule has 1 radical (unpaired) electrons. The van der Waals surface area contributed by atoms with E-state index >= 15 is 0 Å². The Morgan fingerprint density at radius 1 is 1.00 bits per heavy atom. The van der Waals surface area contributed by atoms with Crippen molar-refractivity contribution >= 4 is 7.48 Å². The van der Waals surface area contributed by atoms with E-state index in [0.717, 1.165) is 12.8 Å². The molecule has 1 aliphatic carbocycles. The molecule has 0 atom stereocenters. The van der Waals surface area contributed by atoms with Gasteiger partial charge in [0.2, 0.25) is 0 Å². The third kappa shape index (κ3) is 3.13. The number of hydrogen-bond acceptors (Lipinski definition) is 4. The number of fused-ring (bicyclic) bond motifs is 3. The van der Waals surface area contributed by atoms with E-state index in [1.165, 1.54) is 29.7 Å². The monoisotopic (exact) mass is 324 g/mol. The zero-order valence-corrected chi connectivity index (χ0v) is 14.0. The predicted molar refractivity (Wildman–Crippen MR) is 95.4 cm³/mol. The third-order valence-electron chi connectivity index (χ3n) is 4.79. The fraction of sp³-hybridized carbons (Fsp3) is 0.368. The summed E-state index contributed by atoms with van der Waals surface area (Å²) in [6, 6.07) is 17.1. The van der Waals surface area contributed by atoms with Gasteiger partial charge in [0, 0.05) is 12.0 Å². The van der Waals surface area contributed by atoms with Gasteiger partial charge < -0.3 is 9.86 Å². The molecule has 0 aromatic heterocycles. The van der Waals surface area contributed by atoms with Crippen molar-refractivity contribution < 1.29 is 14.7 Å². The van der Waals surface area contributed by atoms with Crippen molar-refractivity contribution in [2.45, 2.75) is 31.5 Å². The minimum absolute atomic E-state index is 0.150. The van der Waals surface area contributed by atoms with Gasteiger partial charge in [-0.05, 0) is 41.5 Å². The van der Waals surface area contributed by atoms with Gasteiger partial charge in [-0.1, -0.05) is 61.0 Å². The van der Waals surface area contributed by atoms with E-state index in [-0.39, 0.29) is 12.0 Å². The highest BCUT2D eigenvalue weighted by Gasteiger charge is 2.41. The fourth-order valence-corrected chi connectivity index (χ4v) is 3.84. The van der Waals surface area contributed by atoms with Crippen LogP contribution in [-0.2, 0) is 15.0 Å². The second-order valence-corrected chi connectivity index (χ2v) is 6.04. The first-order valence-corrected chi connectivity index (χ1v) is 8.44. The van der Waals surface area contributed by atoms with E-state index in [0.29, 0.717) is 13.0 Å². The van der Waals surface area contributed by atoms with Gasteiger partial charge in [-0.2, -0.15) is 0 Å². The molecule has 2 aromatic rings. The van der Waals surface area contributed by atoms with Crippen molar-refractivity contribution in [1.29, 1.82) is 0 Å². The molecule has 0 amide bonds. The molecule has 3 rings (SSSR count). The van der Waals surface area contributed by atoms with Gasteiger partial charge in [-0.15, -0.1) is 0 Å². The molecular weight excluding hydrogens is 301 g/mol. The smallest absolute Gasteiger partial charge is 0.324 e. The first kappa shape index (κ1) is 17.2. The van der Waals surface area contributed by atoms with Gasteiger partial charge in [0.25, 0.3) is 0 Å². The Hall–Kier alpha value is -1.66. The fourth-order valence-electron chi connectivity index (χ4n) is 3.84. The maximum absolute atomic E-state index is 9.75. The standard InChI is InChI=1S/C19H23BNO3/c1-20-24-21-23-14-6-11-19(12-13-22)17-9-4-2-7-15(17)16-8-3-5-10-18(16)19/h2-5,7-10,21-22H,6,11-14H2,1H3. The summed E-state index contributed by atoms with van der Waals surface area (Å²) in [5, 5.41) is 9.75. The van der Waals surface area contributed by atoms with E-state index in [4.69, 9.17) is 9.59 Å². The van der Waals surface area contributed by atoms with Crippen LogP contribution < -0.4 is 5.64 Å². The first-order chi connectivity index (χ1) is 11.8. The molecule has 125 valence electrons. The summed E-state index contributed by atoms with van der Waals surface area (Å²) in [6.45, 7) is 2.49. The molecule has 0 saturated heterocycles. The molecule has 0 heterocycles. The summed E-state index contributed by atoms with van der Waals surface area (Å²) < 4.78 is 4.85. The van der Waals surface area contributed by atoms with Gasteiger partial charge in [-0.3, -0.25) is 4.84 Å². The Bertz CT molecular complexity index is 632. The van der Waals surface area contributed by atoms with E-state index in [1.54, 1.807) is 6.82 Å². The third-order valence-corrected chi connectivity index (χ3v) is 4.79. The van der Waals surface area contributed by atoms with Crippen molar-refractivity contribution in [3.05, 3.63) is 59.7 Å². The Morgan fingerprint density at radius 2 is 1.62 bits per heavy atom. The Balaban J connectivity index is 1.86. The van der Waals surface area contributed by atoms with Crippen LogP contribution in [0.15, 0.2) is 48.5 Å². The lowest BCUT2D eigenvalue weighted by Crippen LogP contribution is -2.28. The van der Waals surface area contributed by atoms with Crippen molar-refractivity contribution in [2.24, 2.45) is 0 Å². The van der Waals surface area contributed by atoms with E-state index in [2.05, 4.69) is 54.2 Å². The van der Waals surface area contributed by atoms with Crippen LogP contribution >= 0.6 is 0 Å². The average Bonchev–Trinajstić information content (AvgIpc) is 2.90. The number of hydrogen-bond donors (Lipinski definition) is 2. The van der Waals surface area contributed by atoms with Crippen molar-refractivity contribution in [1.82, 2.24) is 5.64 Å². The minimum Gasteiger partial charge on any atom is -0.396 e. The molecule has 1 aliphatic rings. The molecule has 0 fully saturated rings. The molecule has 2 N–H and O–H groups in total. The Labute approximate surface area is 144 Å². The van der Waals surface area contributed by atoms with Crippen LogP contribution in [0.4, 0.5) is 0 Å². The summed E-state index contributed by atoms with van der Waals surface area (Å²) >= 11 is 0. The van der Waals surface area contributed by atoms with E-state index in [9.17, 15) is 5.11 Å². The molecule has 0 unspecified atom stereocenters. The quantitative estimate of drug-likeness (QED) is 0.422. The number of aliphatic hydroxyl groups is 1. The van der Waals surface area contributed by atoms with Crippen LogP contribution in [0.2, 0.25) is 6.82 Å². The lowest BCUT2D eigenvalue weighted by atomic mass is 9.72. The van der Waals surface area contributed by atoms with Crippen LogP contribution in [0.1, 0.15) is 30.4 Å². The molecular formula is C19H23BNO3. The minimum atomic E-state index is -0.150. The van der Waals surface area contributed by atoms with Gasteiger partial charge in [-0.25, -0.2) is 0 Å². The highest BCUT2D eigenvalue weighted by Crippen LogP contribution is 2.52. The SMILES string of the molecule is C[B]ONOCCCC1(CCO)c2ccccc2-c2ccccc21. The van der Waals surface area contributed by atoms with Crippen LogP contribution in [0.5, 0.6) is 0 Å². The lowest BCUT2D eigenvalue weighted by molar-refractivity contribution is -0.107. The molecule has 0 saturated carbocycles. The second kappa shape index (κ2) is 7.95. The van der Waals surface area contributed by atoms with Gasteiger partial charge in [0.15, 0.2) is 0 Å². The van der Waals surface area contributed by atoms with Crippen molar-refractivity contribution in [3.63, 3.8) is 0 Å². The molecule has 0 aliphatic heterocycles. The molecule has 0 spiro atoms. The number of rotatable bonds is 9. The van der Waals surface area contributed by atoms with Crippen molar-refractivity contribution in [2.75, 3.05) is 13.2 Å². The average molecular weight is 324 g/mol. The number of aliphatic hydroxyl groups excluding tert-OH is 1. The largest absolute Gasteiger partial charge is 0.396 e. The predicted octanol–water partition coefficient (Wildman–Crippen LogP) is 3.24. The summed E-state index contributed by atoms with van der Waals surface area (Å²) in [5.41, 5.74) is 7.48. The Kier molecular flexibility index (Phi) is 5.69. The second-order valence-electron chi connectivity index (χ2n) is 6.04. The topological polar surface area (TPSA) is 50.7 Å². The van der Waals surface area contributed by atoms with Crippen LogP contribution in [-0.4, -0.2) is 25.8 Å². The maximum Gasteiger partial charge on any atom is 0.324 e. The zero-order chi connectivity index (χ0) is 16.8.